The van der Waals surface area contributed by atoms with E-state index in [0.29, 0.717) is 39.7 Å². The summed E-state index contributed by atoms with van der Waals surface area (Å²) in [6.45, 7) is 1.34. The van der Waals surface area contributed by atoms with E-state index in [1.807, 2.05) is 0 Å². The monoisotopic (exact) mass is 543 g/mol. The summed E-state index contributed by atoms with van der Waals surface area (Å²) in [5, 5.41) is 17.2. The minimum absolute atomic E-state index is 0.102. The summed E-state index contributed by atoms with van der Waals surface area (Å²) in [7, 11) is 2.70. The highest BCUT2D eigenvalue weighted by Gasteiger charge is 2.29. The van der Waals surface area contributed by atoms with E-state index in [-0.39, 0.29) is 23.6 Å². The predicted octanol–water partition coefficient (Wildman–Crippen LogP) is 4.00. The van der Waals surface area contributed by atoms with Gasteiger partial charge in [0.25, 0.3) is 11.8 Å². The summed E-state index contributed by atoms with van der Waals surface area (Å²) in [6.07, 6.45) is 1.65. The maximum atomic E-state index is 13.1. The number of methoxy groups -OCH3 is 2. The fraction of sp³-hybridized carbons (Fsp3) is 0.138. The Bertz CT molecular complexity index is 1540. The van der Waals surface area contributed by atoms with Crippen molar-refractivity contribution in [2.75, 3.05) is 31.2 Å². The molecule has 2 amide bonds. The fourth-order valence-corrected chi connectivity index (χ4v) is 3.87. The van der Waals surface area contributed by atoms with Gasteiger partial charge in [-0.05, 0) is 67.1 Å². The van der Waals surface area contributed by atoms with Crippen LogP contribution in [-0.4, -0.2) is 55.4 Å². The van der Waals surface area contributed by atoms with Crippen molar-refractivity contribution in [3.63, 3.8) is 0 Å². The molecule has 0 aliphatic carbocycles. The normalized spacial score (nSPS) is 13.6. The molecule has 0 aromatic heterocycles. The number of hydrogen-bond acceptors (Lipinski definition) is 8. The van der Waals surface area contributed by atoms with Gasteiger partial charge in [0.05, 0.1) is 48.0 Å². The van der Waals surface area contributed by atoms with Crippen molar-refractivity contribution in [1.82, 2.24) is 0 Å². The summed E-state index contributed by atoms with van der Waals surface area (Å²) in [5.41, 5.74) is 2.50. The maximum Gasteiger partial charge on any atom is 0.339 e. The van der Waals surface area contributed by atoms with Gasteiger partial charge < -0.3 is 24.6 Å². The Balaban J connectivity index is 1.45. The molecule has 11 nitrogen and oxygen atoms in total. The number of carbonyl (C=O) groups excluding carboxylic acids is 3. The van der Waals surface area contributed by atoms with Crippen molar-refractivity contribution in [2.45, 2.75) is 6.92 Å². The number of esters is 1. The molecule has 4 rings (SSSR count). The van der Waals surface area contributed by atoms with Crippen LogP contribution in [-0.2, 0) is 14.3 Å². The van der Waals surface area contributed by atoms with Gasteiger partial charge in [-0.1, -0.05) is 18.2 Å². The quantitative estimate of drug-likeness (QED) is 0.304. The van der Waals surface area contributed by atoms with E-state index < -0.39 is 17.8 Å². The molecular formula is C29H25N3O8. The number of carboxylic acid groups (broad SMARTS) is 1. The number of aromatic carboxylic acids is 1. The molecule has 1 aliphatic rings. The SMILES string of the molecule is COC(=O)c1ccccc1NC(=O)COc1ccc(C=C2C(=O)N(c3ccc(C(=O)O)cc3)N=C2C)cc1OC. The van der Waals surface area contributed by atoms with Crippen LogP contribution in [0.1, 0.15) is 33.2 Å². The predicted molar refractivity (Wildman–Crippen MR) is 147 cm³/mol. The zero-order chi connectivity index (χ0) is 28.8. The number of carboxylic acids is 1. The van der Waals surface area contributed by atoms with E-state index in [4.69, 9.17) is 19.3 Å². The highest BCUT2D eigenvalue weighted by Crippen LogP contribution is 2.31. The van der Waals surface area contributed by atoms with Gasteiger partial charge in [0.2, 0.25) is 0 Å². The van der Waals surface area contributed by atoms with Crippen LogP contribution >= 0.6 is 0 Å². The number of ether oxygens (including phenoxy) is 3. The third-order valence-electron chi connectivity index (χ3n) is 5.89. The first-order chi connectivity index (χ1) is 19.2. The molecule has 0 fully saturated rings. The Kier molecular flexibility index (Phi) is 8.24. The largest absolute Gasteiger partial charge is 0.493 e. The van der Waals surface area contributed by atoms with Crippen LogP contribution < -0.4 is 19.8 Å². The molecule has 204 valence electrons. The number of rotatable bonds is 9. The van der Waals surface area contributed by atoms with Crippen LogP contribution in [0.25, 0.3) is 6.08 Å². The average Bonchev–Trinajstić information content (AvgIpc) is 3.24. The molecule has 40 heavy (non-hydrogen) atoms. The highest BCUT2D eigenvalue weighted by molar-refractivity contribution is 6.32. The van der Waals surface area contributed by atoms with Crippen LogP contribution in [0.2, 0.25) is 0 Å². The number of nitrogens with one attached hydrogen (secondary N) is 1. The second kappa shape index (κ2) is 11.9. The van der Waals surface area contributed by atoms with Crippen LogP contribution in [0.5, 0.6) is 11.5 Å². The smallest absolute Gasteiger partial charge is 0.339 e. The molecule has 11 heteroatoms. The first-order valence-electron chi connectivity index (χ1n) is 11.9. The van der Waals surface area contributed by atoms with Crippen LogP contribution in [0.4, 0.5) is 11.4 Å². The van der Waals surface area contributed by atoms with E-state index in [2.05, 4.69) is 10.4 Å². The summed E-state index contributed by atoms with van der Waals surface area (Å²) in [5.74, 6) is -1.88. The molecular weight excluding hydrogens is 518 g/mol. The van der Waals surface area contributed by atoms with Crippen molar-refractivity contribution >= 4 is 46.9 Å². The molecule has 0 radical (unpaired) electrons. The number of carbonyl (C=O) groups is 4. The van der Waals surface area contributed by atoms with E-state index in [1.54, 1.807) is 49.4 Å². The van der Waals surface area contributed by atoms with E-state index in [9.17, 15) is 19.2 Å². The third kappa shape index (κ3) is 5.99. The van der Waals surface area contributed by atoms with Gasteiger partial charge in [0.15, 0.2) is 18.1 Å². The number of hydrogen-bond donors (Lipinski definition) is 2. The number of para-hydroxylation sites is 1. The van der Waals surface area contributed by atoms with E-state index in [1.165, 1.54) is 49.6 Å². The Morgan fingerprint density at radius 2 is 1.73 bits per heavy atom. The number of anilines is 2. The first kappa shape index (κ1) is 27.6. The van der Waals surface area contributed by atoms with E-state index in [0.717, 1.165) is 0 Å². The first-order valence-corrected chi connectivity index (χ1v) is 11.9. The van der Waals surface area contributed by atoms with Crippen LogP contribution in [0.3, 0.4) is 0 Å². The molecule has 0 spiro atoms. The number of nitrogens with zero attached hydrogens (tertiary/aromatic N) is 2. The summed E-state index contributed by atoms with van der Waals surface area (Å²) in [4.78, 5) is 48.6. The Hall–Kier alpha value is -5.45. The Morgan fingerprint density at radius 3 is 2.40 bits per heavy atom. The molecule has 0 saturated heterocycles. The maximum absolute atomic E-state index is 13.1. The zero-order valence-electron chi connectivity index (χ0n) is 21.8. The van der Waals surface area contributed by atoms with Gasteiger partial charge in [-0.3, -0.25) is 9.59 Å². The lowest BCUT2D eigenvalue weighted by Crippen LogP contribution is -2.22. The highest BCUT2D eigenvalue weighted by atomic mass is 16.5. The van der Waals surface area contributed by atoms with Crippen LogP contribution in [0.15, 0.2) is 77.4 Å². The second-order valence-electron chi connectivity index (χ2n) is 8.50. The zero-order valence-corrected chi connectivity index (χ0v) is 21.8. The minimum atomic E-state index is -1.06. The number of amides is 2. The average molecular weight is 544 g/mol. The lowest BCUT2D eigenvalue weighted by atomic mass is 10.1. The topological polar surface area (TPSA) is 144 Å². The van der Waals surface area contributed by atoms with Gasteiger partial charge in [0, 0.05) is 0 Å². The number of benzene rings is 3. The molecule has 0 unspecified atom stereocenters. The van der Waals surface area contributed by atoms with Crippen molar-refractivity contribution in [1.29, 1.82) is 0 Å². The standard InChI is InChI=1S/C29H25N3O8/c1-17-22(27(34)32(31-17)20-11-9-19(10-12-20)28(35)36)14-18-8-13-24(25(15-18)38-2)40-16-26(33)30-23-7-5-4-6-21(23)29(37)39-3/h4-15H,16H2,1-3H3,(H,30,33)(H,35,36). The van der Waals surface area contributed by atoms with E-state index >= 15 is 0 Å². The minimum Gasteiger partial charge on any atom is -0.493 e. The molecule has 0 atom stereocenters. The summed E-state index contributed by atoms with van der Waals surface area (Å²) < 4.78 is 15.8. The van der Waals surface area contributed by atoms with Crippen LogP contribution in [0, 0.1) is 0 Å². The van der Waals surface area contributed by atoms with Gasteiger partial charge in [-0.25, -0.2) is 9.59 Å². The Labute approximate surface area is 229 Å². The van der Waals surface area contributed by atoms with Gasteiger partial charge >= 0.3 is 11.9 Å². The van der Waals surface area contributed by atoms with Crippen molar-refractivity contribution < 1.29 is 38.5 Å². The number of hydrazone groups is 1. The molecule has 3 aromatic carbocycles. The van der Waals surface area contributed by atoms with Crippen molar-refractivity contribution in [3.8, 4) is 11.5 Å². The Morgan fingerprint density at radius 1 is 1.00 bits per heavy atom. The van der Waals surface area contributed by atoms with Gasteiger partial charge in [0.1, 0.15) is 0 Å². The van der Waals surface area contributed by atoms with Crippen molar-refractivity contribution in [2.24, 2.45) is 5.10 Å². The molecule has 3 aromatic rings. The molecule has 1 heterocycles. The molecule has 2 N–H and O–H groups in total. The third-order valence-corrected chi connectivity index (χ3v) is 5.89. The molecule has 0 saturated carbocycles. The van der Waals surface area contributed by atoms with Gasteiger partial charge in [-0.15, -0.1) is 0 Å². The second-order valence-corrected chi connectivity index (χ2v) is 8.50. The molecule has 1 aliphatic heterocycles. The molecule has 0 bridgehead atoms. The lowest BCUT2D eigenvalue weighted by molar-refractivity contribution is -0.118. The van der Waals surface area contributed by atoms with Gasteiger partial charge in [-0.2, -0.15) is 10.1 Å². The van der Waals surface area contributed by atoms with Crippen molar-refractivity contribution in [3.05, 3.63) is 89.0 Å². The lowest BCUT2D eigenvalue weighted by Gasteiger charge is -2.13. The summed E-state index contributed by atoms with van der Waals surface area (Å²) >= 11 is 0. The summed E-state index contributed by atoms with van der Waals surface area (Å²) in [6, 6.07) is 17.2. The fourth-order valence-electron chi connectivity index (χ4n) is 3.87.